The predicted octanol–water partition coefficient (Wildman–Crippen LogP) is 1.31. The lowest BCUT2D eigenvalue weighted by atomic mass is 9.97. The molecule has 3 heteroatoms. The van der Waals surface area contributed by atoms with E-state index in [2.05, 4.69) is 4.74 Å². The number of carbonyl (C=O) groups excluding carboxylic acids is 2. The van der Waals surface area contributed by atoms with E-state index >= 15 is 0 Å². The highest BCUT2D eigenvalue weighted by Crippen LogP contribution is 2.64. The summed E-state index contributed by atoms with van der Waals surface area (Å²) in [4.78, 5) is 22.1. The van der Waals surface area contributed by atoms with Gasteiger partial charge in [-0.2, -0.15) is 0 Å². The summed E-state index contributed by atoms with van der Waals surface area (Å²) in [6.07, 6.45) is 4.05. The highest BCUT2D eigenvalue weighted by atomic mass is 16.5. The third kappa shape index (κ3) is 1.36. The van der Waals surface area contributed by atoms with Crippen LogP contribution in [0.4, 0.5) is 0 Å². The molecule has 0 heterocycles. The van der Waals surface area contributed by atoms with Gasteiger partial charge in [0.25, 0.3) is 0 Å². The molecule has 0 aromatic heterocycles. The van der Waals surface area contributed by atoms with Crippen molar-refractivity contribution in [2.24, 2.45) is 11.3 Å². The molecule has 0 radical (unpaired) electrons. The van der Waals surface area contributed by atoms with Crippen molar-refractivity contribution in [3.63, 3.8) is 0 Å². The molecule has 72 valence electrons. The second-order valence-corrected chi connectivity index (χ2v) is 4.16. The number of esters is 1. The van der Waals surface area contributed by atoms with Gasteiger partial charge in [-0.15, -0.1) is 0 Å². The highest BCUT2D eigenvalue weighted by Gasteiger charge is 2.60. The van der Waals surface area contributed by atoms with Crippen molar-refractivity contribution in [3.05, 3.63) is 0 Å². The van der Waals surface area contributed by atoms with Gasteiger partial charge in [0.05, 0.1) is 7.11 Å². The van der Waals surface area contributed by atoms with E-state index in [0.717, 1.165) is 25.7 Å². The van der Waals surface area contributed by atoms with Crippen LogP contribution in [0.2, 0.25) is 0 Å². The van der Waals surface area contributed by atoms with Gasteiger partial charge < -0.3 is 4.74 Å². The Morgan fingerprint density at radius 2 is 2.46 bits per heavy atom. The van der Waals surface area contributed by atoms with Crippen molar-refractivity contribution in [2.45, 2.75) is 32.1 Å². The summed E-state index contributed by atoms with van der Waals surface area (Å²) in [5.74, 6) is 0.543. The van der Waals surface area contributed by atoms with Crippen LogP contribution in [0, 0.1) is 11.3 Å². The lowest BCUT2D eigenvalue weighted by Crippen LogP contribution is -2.06. The molecule has 0 amide bonds. The predicted molar refractivity (Wildman–Crippen MR) is 46.0 cm³/mol. The highest BCUT2D eigenvalue weighted by molar-refractivity contribution is 5.87. The van der Waals surface area contributed by atoms with E-state index in [1.54, 1.807) is 0 Å². The molecule has 0 aromatic rings. The van der Waals surface area contributed by atoms with Crippen molar-refractivity contribution < 1.29 is 14.3 Å². The summed E-state index contributed by atoms with van der Waals surface area (Å²) in [7, 11) is 1.41. The second-order valence-electron chi connectivity index (χ2n) is 4.16. The van der Waals surface area contributed by atoms with Gasteiger partial charge in [-0.05, 0) is 24.7 Å². The van der Waals surface area contributed by atoms with Crippen LogP contribution in [0.3, 0.4) is 0 Å². The van der Waals surface area contributed by atoms with Crippen LogP contribution in [0.15, 0.2) is 0 Å². The van der Waals surface area contributed by atoms with E-state index in [4.69, 9.17) is 0 Å². The lowest BCUT2D eigenvalue weighted by molar-refractivity contribution is -0.141. The van der Waals surface area contributed by atoms with Crippen molar-refractivity contribution >= 4 is 11.8 Å². The summed E-state index contributed by atoms with van der Waals surface area (Å²) in [5, 5.41) is 0. The molecule has 0 bridgehead atoms. The van der Waals surface area contributed by atoms with Crippen molar-refractivity contribution in [2.75, 3.05) is 7.11 Å². The first-order chi connectivity index (χ1) is 6.18. The minimum atomic E-state index is -0.153. The standard InChI is InChI=1S/C10H14O3/c1-13-9(12)3-5-10-4-2-8(11)7(10)6-10/h7H,2-6H2,1H3. The van der Waals surface area contributed by atoms with E-state index in [1.807, 2.05) is 0 Å². The van der Waals surface area contributed by atoms with E-state index in [-0.39, 0.29) is 17.3 Å². The zero-order valence-electron chi connectivity index (χ0n) is 7.84. The number of ketones is 1. The molecule has 2 aliphatic carbocycles. The quantitative estimate of drug-likeness (QED) is 0.618. The van der Waals surface area contributed by atoms with Crippen LogP contribution < -0.4 is 0 Å². The minimum absolute atomic E-state index is 0.153. The Kier molecular flexibility index (Phi) is 1.90. The average Bonchev–Trinajstić information content (AvgIpc) is 2.79. The SMILES string of the molecule is COC(=O)CCC12CCC(=O)C1C2. The summed E-state index contributed by atoms with van der Waals surface area (Å²) in [5.41, 5.74) is 0.214. The molecule has 13 heavy (non-hydrogen) atoms. The number of carbonyl (C=O) groups is 2. The fourth-order valence-electron chi connectivity index (χ4n) is 2.48. The molecular weight excluding hydrogens is 168 g/mol. The van der Waals surface area contributed by atoms with E-state index in [1.165, 1.54) is 7.11 Å². The van der Waals surface area contributed by atoms with Crippen molar-refractivity contribution in [3.8, 4) is 0 Å². The molecule has 2 rings (SSSR count). The van der Waals surface area contributed by atoms with Gasteiger partial charge in [0.1, 0.15) is 5.78 Å². The number of Topliss-reactive ketones (excluding diaryl/α,β-unsaturated/α-hetero) is 1. The van der Waals surface area contributed by atoms with Crippen molar-refractivity contribution in [1.82, 2.24) is 0 Å². The zero-order valence-corrected chi connectivity index (χ0v) is 7.84. The third-order valence-corrected chi connectivity index (χ3v) is 3.50. The first-order valence-corrected chi connectivity index (χ1v) is 4.77. The van der Waals surface area contributed by atoms with Crippen LogP contribution in [-0.2, 0) is 14.3 Å². The smallest absolute Gasteiger partial charge is 0.305 e. The fraction of sp³-hybridized carbons (Fsp3) is 0.800. The number of fused-ring (bicyclic) bond motifs is 1. The Hall–Kier alpha value is -0.860. The summed E-state index contributed by atoms with van der Waals surface area (Å²) >= 11 is 0. The number of rotatable bonds is 3. The van der Waals surface area contributed by atoms with Gasteiger partial charge in [-0.25, -0.2) is 0 Å². The average molecular weight is 182 g/mol. The zero-order chi connectivity index (χ0) is 9.47. The maximum absolute atomic E-state index is 11.2. The van der Waals surface area contributed by atoms with Gasteiger partial charge in [-0.3, -0.25) is 9.59 Å². The molecule has 0 N–H and O–H groups in total. The normalized spacial score (nSPS) is 35.8. The Labute approximate surface area is 77.4 Å². The number of hydrogen-bond acceptors (Lipinski definition) is 3. The Morgan fingerprint density at radius 3 is 2.92 bits per heavy atom. The molecule has 2 aliphatic rings. The van der Waals surface area contributed by atoms with E-state index < -0.39 is 0 Å². The Bertz CT molecular complexity index is 259. The second kappa shape index (κ2) is 2.82. The number of methoxy groups -OCH3 is 1. The van der Waals surface area contributed by atoms with Crippen LogP contribution in [0.5, 0.6) is 0 Å². The molecule has 0 spiro atoms. The van der Waals surface area contributed by atoms with Gasteiger partial charge in [0.15, 0.2) is 0 Å². The van der Waals surface area contributed by atoms with E-state index in [9.17, 15) is 9.59 Å². The Balaban J connectivity index is 1.84. The van der Waals surface area contributed by atoms with Gasteiger partial charge in [0, 0.05) is 18.8 Å². The summed E-state index contributed by atoms with van der Waals surface area (Å²) in [6, 6.07) is 0. The molecule has 0 saturated heterocycles. The fourth-order valence-corrected chi connectivity index (χ4v) is 2.48. The van der Waals surface area contributed by atoms with Crippen LogP contribution in [-0.4, -0.2) is 18.9 Å². The molecule has 2 saturated carbocycles. The molecule has 2 atom stereocenters. The first kappa shape index (κ1) is 8.73. The first-order valence-electron chi connectivity index (χ1n) is 4.77. The third-order valence-electron chi connectivity index (χ3n) is 3.50. The van der Waals surface area contributed by atoms with Gasteiger partial charge in [0.2, 0.25) is 0 Å². The molecule has 2 fully saturated rings. The maximum atomic E-state index is 11.2. The topological polar surface area (TPSA) is 43.4 Å². The summed E-state index contributed by atoms with van der Waals surface area (Å²) < 4.78 is 4.58. The number of hydrogen-bond donors (Lipinski definition) is 0. The van der Waals surface area contributed by atoms with Crippen LogP contribution >= 0.6 is 0 Å². The van der Waals surface area contributed by atoms with Gasteiger partial charge in [-0.1, -0.05) is 0 Å². The lowest BCUT2D eigenvalue weighted by Gasteiger charge is -2.08. The Morgan fingerprint density at radius 1 is 1.69 bits per heavy atom. The maximum Gasteiger partial charge on any atom is 0.305 e. The summed E-state index contributed by atoms with van der Waals surface area (Å²) in [6.45, 7) is 0. The molecule has 0 aliphatic heterocycles. The molecule has 3 nitrogen and oxygen atoms in total. The molecular formula is C10H14O3. The van der Waals surface area contributed by atoms with Crippen molar-refractivity contribution in [1.29, 1.82) is 0 Å². The van der Waals surface area contributed by atoms with Crippen LogP contribution in [0.1, 0.15) is 32.1 Å². The number of ether oxygens (including phenoxy) is 1. The molecule has 2 unspecified atom stereocenters. The van der Waals surface area contributed by atoms with Crippen LogP contribution in [0.25, 0.3) is 0 Å². The minimum Gasteiger partial charge on any atom is -0.469 e. The van der Waals surface area contributed by atoms with Gasteiger partial charge >= 0.3 is 5.97 Å². The monoisotopic (exact) mass is 182 g/mol. The van der Waals surface area contributed by atoms with E-state index in [0.29, 0.717) is 12.2 Å². The largest absolute Gasteiger partial charge is 0.469 e. The molecule has 0 aromatic carbocycles.